The maximum Gasteiger partial charge on any atom is 0.322 e. The van der Waals surface area contributed by atoms with Gasteiger partial charge in [-0.15, -0.1) is 0 Å². The minimum absolute atomic E-state index is 0.149. The van der Waals surface area contributed by atoms with E-state index in [0.717, 1.165) is 5.56 Å². The van der Waals surface area contributed by atoms with Crippen molar-refractivity contribution in [3.05, 3.63) is 90.1 Å². The normalized spacial score (nSPS) is 10.6. The number of amides is 3. The van der Waals surface area contributed by atoms with Gasteiger partial charge in [0.25, 0.3) is 0 Å². The molecule has 3 aromatic rings. The molecule has 0 fully saturated rings. The van der Waals surface area contributed by atoms with Gasteiger partial charge in [0.15, 0.2) is 0 Å². The monoisotopic (exact) mass is 439 g/mol. The Hall–Kier alpha value is -3.65. The lowest BCUT2D eigenvalue weighted by molar-refractivity contribution is -0.133. The highest BCUT2D eigenvalue weighted by molar-refractivity contribution is 5.92. The van der Waals surface area contributed by atoms with Crippen LogP contribution < -0.4 is 5.32 Å². The molecule has 8 heteroatoms. The molecule has 0 aliphatic heterocycles. The van der Waals surface area contributed by atoms with Gasteiger partial charge >= 0.3 is 6.03 Å². The molecule has 0 aliphatic rings. The zero-order valence-electron chi connectivity index (χ0n) is 17.9. The second kappa shape index (κ2) is 11.7. The largest absolute Gasteiger partial charge is 0.467 e. The number of halogens is 1. The molecular weight excluding hydrogens is 413 g/mol. The Bertz CT molecular complexity index is 978. The maximum atomic E-state index is 13.3. The number of benzene rings is 2. The highest BCUT2D eigenvalue weighted by Crippen LogP contribution is 2.13. The lowest BCUT2D eigenvalue weighted by Crippen LogP contribution is -2.45. The fourth-order valence-electron chi connectivity index (χ4n) is 3.07. The van der Waals surface area contributed by atoms with E-state index in [4.69, 9.17) is 9.15 Å². The summed E-state index contributed by atoms with van der Waals surface area (Å²) in [6, 6.07) is 18.1. The number of nitrogens with one attached hydrogen (secondary N) is 1. The topological polar surface area (TPSA) is 75.0 Å². The molecule has 32 heavy (non-hydrogen) atoms. The maximum absolute atomic E-state index is 13.3. The van der Waals surface area contributed by atoms with E-state index >= 15 is 0 Å². The third-order valence-electron chi connectivity index (χ3n) is 4.77. The molecular formula is C24H26FN3O4. The van der Waals surface area contributed by atoms with Gasteiger partial charge in [0.05, 0.1) is 19.4 Å². The fraction of sp³-hybridized carbons (Fsp3) is 0.250. The van der Waals surface area contributed by atoms with Crippen LogP contribution in [-0.4, -0.2) is 48.5 Å². The van der Waals surface area contributed by atoms with Crippen LogP contribution in [0.4, 0.5) is 14.9 Å². The van der Waals surface area contributed by atoms with Crippen molar-refractivity contribution in [2.45, 2.75) is 13.1 Å². The number of carbonyl (C=O) groups excluding carboxylic acids is 2. The number of furan rings is 1. The van der Waals surface area contributed by atoms with E-state index in [1.165, 1.54) is 30.4 Å². The number of ether oxygens (including phenoxy) is 1. The fourth-order valence-corrected chi connectivity index (χ4v) is 3.07. The van der Waals surface area contributed by atoms with Crippen molar-refractivity contribution in [1.82, 2.24) is 9.80 Å². The first-order chi connectivity index (χ1) is 15.5. The molecule has 1 aromatic heterocycles. The third kappa shape index (κ3) is 6.95. The molecule has 0 radical (unpaired) electrons. The molecule has 3 rings (SSSR count). The second-order valence-electron chi connectivity index (χ2n) is 7.17. The van der Waals surface area contributed by atoms with Gasteiger partial charge in [-0.25, -0.2) is 9.18 Å². The highest BCUT2D eigenvalue weighted by atomic mass is 19.1. The van der Waals surface area contributed by atoms with Gasteiger partial charge in [-0.2, -0.15) is 0 Å². The first-order valence-corrected chi connectivity index (χ1v) is 10.2. The number of methoxy groups -OCH3 is 1. The molecule has 7 nitrogen and oxygen atoms in total. The SMILES string of the molecule is COCCN(CC(=O)N(Cc1ccc(F)cc1)Cc1ccco1)C(=O)Nc1ccccc1. The highest BCUT2D eigenvalue weighted by Gasteiger charge is 2.22. The standard InChI is InChI=1S/C24H26FN3O4/c1-31-15-13-27(24(30)26-21-6-3-2-4-7-21)18-23(29)28(17-22-8-5-14-32-22)16-19-9-11-20(25)12-10-19/h2-12,14H,13,15-18H2,1H3,(H,26,30). The Morgan fingerprint density at radius 3 is 2.38 bits per heavy atom. The molecule has 0 spiro atoms. The van der Waals surface area contributed by atoms with Crippen molar-refractivity contribution in [1.29, 1.82) is 0 Å². The van der Waals surface area contributed by atoms with Crippen LogP contribution in [0.1, 0.15) is 11.3 Å². The van der Waals surface area contributed by atoms with Gasteiger partial charge in [-0.05, 0) is 42.0 Å². The Morgan fingerprint density at radius 2 is 1.72 bits per heavy atom. The van der Waals surface area contributed by atoms with Crippen molar-refractivity contribution in [3.63, 3.8) is 0 Å². The minimum atomic E-state index is -0.402. The van der Waals surface area contributed by atoms with Crippen molar-refractivity contribution in [3.8, 4) is 0 Å². The molecule has 0 saturated heterocycles. The number of anilines is 1. The summed E-state index contributed by atoms with van der Waals surface area (Å²) in [7, 11) is 1.53. The summed E-state index contributed by atoms with van der Waals surface area (Å²) in [5.74, 6) is -0.0105. The predicted molar refractivity (Wildman–Crippen MR) is 118 cm³/mol. The summed E-state index contributed by atoms with van der Waals surface area (Å²) in [6.45, 7) is 0.849. The van der Waals surface area contributed by atoms with E-state index in [9.17, 15) is 14.0 Å². The van der Waals surface area contributed by atoms with Crippen LogP contribution >= 0.6 is 0 Å². The lowest BCUT2D eigenvalue weighted by Gasteiger charge is -2.27. The summed E-state index contributed by atoms with van der Waals surface area (Å²) in [4.78, 5) is 29.0. The number of carbonyl (C=O) groups is 2. The van der Waals surface area contributed by atoms with Gasteiger partial charge in [-0.3, -0.25) is 4.79 Å². The van der Waals surface area contributed by atoms with Gasteiger partial charge in [0.2, 0.25) is 5.91 Å². The molecule has 3 amide bonds. The van der Waals surface area contributed by atoms with Gasteiger partial charge in [0, 0.05) is 25.9 Å². The van der Waals surface area contributed by atoms with Crippen molar-refractivity contribution in [2.24, 2.45) is 0 Å². The van der Waals surface area contributed by atoms with Crippen molar-refractivity contribution < 1.29 is 23.1 Å². The van der Waals surface area contributed by atoms with Gasteiger partial charge in [0.1, 0.15) is 18.1 Å². The average molecular weight is 439 g/mol. The minimum Gasteiger partial charge on any atom is -0.467 e. The summed E-state index contributed by atoms with van der Waals surface area (Å²) in [6.07, 6.45) is 1.54. The summed E-state index contributed by atoms with van der Waals surface area (Å²) < 4.78 is 23.8. The number of hydrogen-bond donors (Lipinski definition) is 1. The van der Waals surface area contributed by atoms with Gasteiger partial charge in [-0.1, -0.05) is 30.3 Å². The summed E-state index contributed by atoms with van der Waals surface area (Å²) in [5.41, 5.74) is 1.40. The number of hydrogen-bond acceptors (Lipinski definition) is 4. The van der Waals surface area contributed by atoms with Crippen LogP contribution in [0.15, 0.2) is 77.4 Å². The number of rotatable bonds is 10. The van der Waals surface area contributed by atoms with Crippen LogP contribution in [0.2, 0.25) is 0 Å². The van der Waals surface area contributed by atoms with Crippen molar-refractivity contribution in [2.75, 3.05) is 32.1 Å². The molecule has 2 aromatic carbocycles. The molecule has 0 aliphatic carbocycles. The zero-order chi connectivity index (χ0) is 22.8. The summed E-state index contributed by atoms with van der Waals surface area (Å²) >= 11 is 0. The van der Waals surface area contributed by atoms with E-state index in [1.54, 1.807) is 41.3 Å². The number of nitrogens with zero attached hydrogens (tertiary/aromatic N) is 2. The number of para-hydroxylation sites is 1. The van der Waals surface area contributed by atoms with E-state index in [1.807, 2.05) is 18.2 Å². The van der Waals surface area contributed by atoms with E-state index in [0.29, 0.717) is 11.4 Å². The van der Waals surface area contributed by atoms with E-state index in [-0.39, 0.29) is 44.5 Å². The van der Waals surface area contributed by atoms with Crippen LogP contribution in [0.5, 0.6) is 0 Å². The quantitative estimate of drug-likeness (QED) is 0.516. The first kappa shape index (κ1) is 23.0. The lowest BCUT2D eigenvalue weighted by atomic mass is 10.2. The van der Waals surface area contributed by atoms with Gasteiger partial charge < -0.3 is 24.3 Å². The molecule has 0 saturated carbocycles. The molecule has 0 bridgehead atoms. The predicted octanol–water partition coefficient (Wildman–Crippen LogP) is 4.13. The third-order valence-corrected chi connectivity index (χ3v) is 4.77. The molecule has 168 valence electrons. The average Bonchev–Trinajstić information content (AvgIpc) is 3.31. The second-order valence-corrected chi connectivity index (χ2v) is 7.17. The smallest absolute Gasteiger partial charge is 0.322 e. The molecule has 1 heterocycles. The van der Waals surface area contributed by atoms with Crippen LogP contribution in [0, 0.1) is 5.82 Å². The Balaban J connectivity index is 1.73. The first-order valence-electron chi connectivity index (χ1n) is 10.2. The van der Waals surface area contributed by atoms with Crippen LogP contribution in [0.3, 0.4) is 0 Å². The van der Waals surface area contributed by atoms with Crippen molar-refractivity contribution >= 4 is 17.6 Å². The van der Waals surface area contributed by atoms with E-state index in [2.05, 4.69) is 5.32 Å². The molecule has 0 atom stereocenters. The molecule has 0 unspecified atom stereocenters. The summed E-state index contributed by atoms with van der Waals surface area (Å²) in [5, 5.41) is 2.80. The Morgan fingerprint density at radius 1 is 0.969 bits per heavy atom. The zero-order valence-corrected chi connectivity index (χ0v) is 17.9. The Labute approximate surface area is 186 Å². The number of urea groups is 1. The van der Waals surface area contributed by atoms with Crippen LogP contribution in [-0.2, 0) is 22.6 Å². The van der Waals surface area contributed by atoms with Crippen LogP contribution in [0.25, 0.3) is 0 Å². The molecule has 1 N–H and O–H groups in total. The Kier molecular flexibility index (Phi) is 8.39. The van der Waals surface area contributed by atoms with E-state index < -0.39 is 6.03 Å².